The Bertz CT molecular complexity index is 1800. The number of rotatable bonds is 27. The van der Waals surface area contributed by atoms with Gasteiger partial charge in [0.15, 0.2) is 5.78 Å². The van der Waals surface area contributed by atoms with Gasteiger partial charge in [0.2, 0.25) is 17.7 Å². The van der Waals surface area contributed by atoms with Crippen LogP contribution in [0.5, 0.6) is 0 Å². The van der Waals surface area contributed by atoms with Gasteiger partial charge in [-0.3, -0.25) is 33.7 Å². The molecule has 356 valence electrons. The van der Waals surface area contributed by atoms with Crippen LogP contribution in [0.3, 0.4) is 0 Å². The molecular weight excluding hydrogens is 835 g/mol. The number of likely N-dealkylation sites (N-methyl/N-ethyl adjacent to an activating group) is 1. The molecule has 64 heavy (non-hydrogen) atoms. The van der Waals surface area contributed by atoms with Crippen molar-refractivity contribution in [2.24, 2.45) is 23.7 Å². The number of benzene rings is 1. The molecule has 0 saturated carbocycles. The molecular formula is C49H75N5O9S. The van der Waals surface area contributed by atoms with Crippen LogP contribution in [0, 0.1) is 23.7 Å². The monoisotopic (exact) mass is 910 g/mol. The number of aliphatic hydroxyl groups excluding tert-OH is 1. The van der Waals surface area contributed by atoms with Gasteiger partial charge in [0.1, 0.15) is 5.76 Å². The predicted octanol–water partition coefficient (Wildman–Crippen LogP) is 6.12. The molecule has 3 N–H and O–H groups in total. The van der Waals surface area contributed by atoms with E-state index in [2.05, 4.69) is 17.2 Å². The van der Waals surface area contributed by atoms with Crippen molar-refractivity contribution in [2.45, 2.75) is 149 Å². The third-order valence-corrected chi connectivity index (χ3v) is 13.6. The molecule has 0 spiro atoms. The summed E-state index contributed by atoms with van der Waals surface area (Å²) in [4.78, 5) is 84.4. The quantitative estimate of drug-likeness (QED) is 0.0402. The van der Waals surface area contributed by atoms with Crippen molar-refractivity contribution >= 4 is 52.5 Å². The summed E-state index contributed by atoms with van der Waals surface area (Å²) in [5, 5.41) is 16.6. The van der Waals surface area contributed by atoms with Gasteiger partial charge in [0, 0.05) is 71.2 Å². The fourth-order valence-electron chi connectivity index (χ4n) is 8.90. The van der Waals surface area contributed by atoms with Gasteiger partial charge in [-0.05, 0) is 63.4 Å². The number of Topliss-reactive ketones (excluding diaryl/α,β-unsaturated/α-hetero) is 1. The SMILES string of the molecule is C=C(O)[C@H](Cc1ccccc1)NC(=S)[C@H](C)[C@@H](OC)[C@@H]1CCCN1C(=O)C[C@@H](OC)[C@H]([C@@H](C)CC)N(C)C(=O)[C@@H](CC(=O)C(C)(C)NC(=O)CCCCCN1C(=O)C=CC1=O)C(C)C. The summed E-state index contributed by atoms with van der Waals surface area (Å²) in [5.41, 5.74) is -0.217. The van der Waals surface area contributed by atoms with Gasteiger partial charge in [-0.1, -0.05) is 96.6 Å². The van der Waals surface area contributed by atoms with Crippen LogP contribution < -0.4 is 10.6 Å². The number of likely N-dealkylation sites (tertiary alicyclic amines) is 1. The van der Waals surface area contributed by atoms with Gasteiger partial charge in [-0.25, -0.2) is 0 Å². The second-order valence-corrected chi connectivity index (χ2v) is 18.9. The number of hydrogen-bond acceptors (Lipinski definition) is 10. The van der Waals surface area contributed by atoms with E-state index in [1.54, 1.807) is 40.0 Å². The highest BCUT2D eigenvalue weighted by Gasteiger charge is 2.43. The molecule has 8 atom stereocenters. The second kappa shape index (κ2) is 25.3. The van der Waals surface area contributed by atoms with E-state index in [-0.39, 0.29) is 90.7 Å². The van der Waals surface area contributed by atoms with Gasteiger partial charge < -0.3 is 35.0 Å². The van der Waals surface area contributed by atoms with Gasteiger partial charge in [-0.15, -0.1) is 0 Å². The Labute approximate surface area is 386 Å². The van der Waals surface area contributed by atoms with Gasteiger partial charge in [0.25, 0.3) is 11.8 Å². The van der Waals surface area contributed by atoms with Crippen LogP contribution in [0.2, 0.25) is 0 Å². The zero-order valence-corrected chi connectivity index (χ0v) is 40.7. The number of unbranched alkanes of at least 4 members (excludes halogenated alkanes) is 2. The fraction of sp³-hybridized carbons (Fsp3) is 0.653. The lowest BCUT2D eigenvalue weighted by Crippen LogP contribution is -2.55. The Kier molecular flexibility index (Phi) is 21.3. The lowest BCUT2D eigenvalue weighted by atomic mass is 9.82. The maximum absolute atomic E-state index is 14.5. The maximum Gasteiger partial charge on any atom is 0.253 e. The van der Waals surface area contributed by atoms with Crippen LogP contribution in [0.15, 0.2) is 54.8 Å². The van der Waals surface area contributed by atoms with Crippen LogP contribution in [0.4, 0.5) is 0 Å². The minimum Gasteiger partial charge on any atom is -0.511 e. The summed E-state index contributed by atoms with van der Waals surface area (Å²) in [6, 6.07) is 8.50. The molecule has 15 heteroatoms. The molecule has 2 aliphatic rings. The van der Waals surface area contributed by atoms with E-state index in [0.29, 0.717) is 50.1 Å². The number of carbonyl (C=O) groups is 6. The highest BCUT2D eigenvalue weighted by atomic mass is 32.1. The van der Waals surface area contributed by atoms with Crippen LogP contribution in [-0.4, -0.2) is 130 Å². The van der Waals surface area contributed by atoms with Crippen LogP contribution in [0.25, 0.3) is 0 Å². The number of ether oxygens (including phenoxy) is 2. The van der Waals surface area contributed by atoms with E-state index in [4.69, 9.17) is 21.7 Å². The van der Waals surface area contributed by atoms with E-state index < -0.39 is 35.7 Å². The molecule has 0 aromatic heterocycles. The first-order chi connectivity index (χ1) is 30.2. The summed E-state index contributed by atoms with van der Waals surface area (Å²) >= 11 is 5.87. The van der Waals surface area contributed by atoms with Crippen LogP contribution >= 0.6 is 12.2 Å². The number of nitrogens with one attached hydrogen (secondary N) is 2. The van der Waals surface area contributed by atoms with Crippen molar-refractivity contribution in [1.29, 1.82) is 0 Å². The molecule has 1 aromatic rings. The lowest BCUT2D eigenvalue weighted by Gasteiger charge is -2.41. The summed E-state index contributed by atoms with van der Waals surface area (Å²) in [5.74, 6) is -2.90. The number of thiocarbonyl (C=S) groups is 1. The van der Waals surface area contributed by atoms with Crippen molar-refractivity contribution < 1.29 is 43.3 Å². The molecule has 0 unspecified atom stereocenters. The Morgan fingerprint density at radius 3 is 2.19 bits per heavy atom. The summed E-state index contributed by atoms with van der Waals surface area (Å²) in [7, 11) is 4.89. The molecule has 1 saturated heterocycles. The standard InChI is InChI=1S/C49H75N5O9S/c1-12-32(4)45(52(9)48(61)36(31(2)3)29-40(56)49(7,8)51-41(57)23-17-14-18-26-54-42(58)24-25-43(54)59)39(62-10)30-44(60)53-27-19-22-38(53)46(63-11)33(5)47(64)50-37(34(6)55)28-35-20-15-13-16-21-35/h13,15-16,20-21,24-25,31-33,36-39,45-46,55H,6,12,14,17-19,22-23,26-30H2,1-5,7-11H3,(H,50,64)(H,51,57)/t32-,33+,36-,37-,38-,39+,45-,46+/m0/s1. The Hall–Kier alpha value is -4.47. The average molecular weight is 910 g/mol. The fourth-order valence-corrected chi connectivity index (χ4v) is 9.18. The first-order valence-electron chi connectivity index (χ1n) is 22.9. The van der Waals surface area contributed by atoms with E-state index in [1.165, 1.54) is 17.1 Å². The van der Waals surface area contributed by atoms with Gasteiger partial charge in [0.05, 0.1) is 47.3 Å². The zero-order chi connectivity index (χ0) is 47.9. The lowest BCUT2D eigenvalue weighted by molar-refractivity contribution is -0.148. The molecule has 0 aliphatic carbocycles. The number of amides is 5. The van der Waals surface area contributed by atoms with Crippen molar-refractivity contribution in [2.75, 3.05) is 34.4 Å². The summed E-state index contributed by atoms with van der Waals surface area (Å²) < 4.78 is 12.1. The number of carbonyl (C=O) groups excluding carboxylic acids is 6. The first-order valence-corrected chi connectivity index (χ1v) is 23.3. The Morgan fingerprint density at radius 1 is 0.984 bits per heavy atom. The summed E-state index contributed by atoms with van der Waals surface area (Å²) in [6.45, 7) is 17.7. The number of nitrogens with zero attached hydrogens (tertiary/aromatic N) is 3. The third kappa shape index (κ3) is 14.8. The van der Waals surface area contributed by atoms with Crippen LogP contribution in [-0.2, 0) is 44.7 Å². The van der Waals surface area contributed by atoms with Crippen molar-refractivity contribution in [3.05, 3.63) is 60.4 Å². The van der Waals surface area contributed by atoms with Crippen molar-refractivity contribution in [3.8, 4) is 0 Å². The number of imide groups is 1. The number of aliphatic hydroxyl groups is 1. The largest absolute Gasteiger partial charge is 0.511 e. The predicted molar refractivity (Wildman–Crippen MR) is 252 cm³/mol. The van der Waals surface area contributed by atoms with Crippen LogP contribution in [0.1, 0.15) is 112 Å². The molecule has 1 aromatic carbocycles. The number of hydrogen-bond donors (Lipinski definition) is 3. The van der Waals surface area contributed by atoms with E-state index in [1.807, 2.05) is 69.9 Å². The molecule has 0 radical (unpaired) electrons. The van der Waals surface area contributed by atoms with Crippen molar-refractivity contribution in [3.63, 3.8) is 0 Å². The molecule has 2 aliphatic heterocycles. The minimum atomic E-state index is -1.23. The highest BCUT2D eigenvalue weighted by Crippen LogP contribution is 2.31. The molecule has 3 rings (SSSR count). The highest BCUT2D eigenvalue weighted by molar-refractivity contribution is 7.80. The molecule has 1 fully saturated rings. The number of methoxy groups -OCH3 is 2. The zero-order valence-electron chi connectivity index (χ0n) is 39.9. The Morgan fingerprint density at radius 2 is 1.62 bits per heavy atom. The molecule has 14 nitrogen and oxygen atoms in total. The molecule has 5 amide bonds. The topological polar surface area (TPSA) is 175 Å². The molecule has 0 bridgehead atoms. The Balaban J connectivity index is 1.67. The van der Waals surface area contributed by atoms with Crippen molar-refractivity contribution in [1.82, 2.24) is 25.3 Å². The normalized spacial score (nSPS) is 18.6. The summed E-state index contributed by atoms with van der Waals surface area (Å²) in [6.07, 6.45) is 5.90. The molecule has 2 heterocycles. The number of ketones is 1. The van der Waals surface area contributed by atoms with E-state index >= 15 is 0 Å². The average Bonchev–Trinajstić information content (AvgIpc) is 3.87. The van der Waals surface area contributed by atoms with Gasteiger partial charge >= 0.3 is 0 Å². The smallest absolute Gasteiger partial charge is 0.253 e. The maximum atomic E-state index is 14.5. The van der Waals surface area contributed by atoms with E-state index in [9.17, 15) is 33.9 Å². The second-order valence-electron chi connectivity index (χ2n) is 18.5. The first kappa shape index (κ1) is 53.9. The van der Waals surface area contributed by atoms with Gasteiger partial charge in [-0.2, -0.15) is 0 Å². The minimum absolute atomic E-state index is 0.0205. The van der Waals surface area contributed by atoms with E-state index in [0.717, 1.165) is 12.0 Å². The third-order valence-electron chi connectivity index (χ3n) is 13.1.